The monoisotopic (exact) mass is 304 g/mol. The van der Waals surface area contributed by atoms with Crippen LogP contribution in [0.25, 0.3) is 0 Å². The lowest BCUT2D eigenvalue weighted by molar-refractivity contribution is -0.132. The molecule has 0 radical (unpaired) electrons. The number of amides is 1. The van der Waals surface area contributed by atoms with Crippen molar-refractivity contribution in [1.29, 1.82) is 0 Å². The van der Waals surface area contributed by atoms with E-state index in [0.29, 0.717) is 13.1 Å². The molecule has 2 rings (SSSR count). The fourth-order valence-electron chi connectivity index (χ4n) is 2.38. The number of halogens is 3. The van der Waals surface area contributed by atoms with Gasteiger partial charge in [0.2, 0.25) is 5.91 Å². The van der Waals surface area contributed by atoms with Gasteiger partial charge in [0.1, 0.15) is 0 Å². The molecule has 0 bridgehead atoms. The fraction of sp³-hybridized carbons (Fsp3) is 0.500. The Morgan fingerprint density at radius 1 is 1.40 bits per heavy atom. The first-order valence-corrected chi connectivity index (χ1v) is 6.54. The molecule has 1 aromatic rings. The van der Waals surface area contributed by atoms with Crippen LogP contribution in [0, 0.1) is 11.6 Å². The van der Waals surface area contributed by atoms with Crippen LogP contribution in [-0.2, 0) is 11.2 Å². The minimum absolute atomic E-state index is 0. The second kappa shape index (κ2) is 7.55. The van der Waals surface area contributed by atoms with Gasteiger partial charge in [0.15, 0.2) is 11.6 Å². The standard InChI is InChI=1S/C14H18F2N2O.ClH/c15-12-5-1-3-10(14(12)16)6-7-13(19)18-8-2-4-11(17)9-18;/h1,3,5,11H,2,4,6-9,17H2;1H. The molecule has 1 atom stereocenters. The molecule has 1 saturated heterocycles. The molecule has 1 aliphatic rings. The number of aryl methyl sites for hydroxylation is 1. The highest BCUT2D eigenvalue weighted by Crippen LogP contribution is 2.15. The summed E-state index contributed by atoms with van der Waals surface area (Å²) in [6.45, 7) is 1.27. The van der Waals surface area contributed by atoms with E-state index in [1.807, 2.05) is 0 Å². The van der Waals surface area contributed by atoms with Crippen molar-refractivity contribution in [2.45, 2.75) is 31.7 Å². The van der Waals surface area contributed by atoms with E-state index in [4.69, 9.17) is 5.73 Å². The number of carbonyl (C=O) groups is 1. The first kappa shape index (κ1) is 16.9. The summed E-state index contributed by atoms with van der Waals surface area (Å²) < 4.78 is 26.5. The topological polar surface area (TPSA) is 46.3 Å². The Morgan fingerprint density at radius 3 is 2.85 bits per heavy atom. The molecule has 2 N–H and O–H groups in total. The van der Waals surface area contributed by atoms with Gasteiger partial charge >= 0.3 is 0 Å². The van der Waals surface area contributed by atoms with E-state index in [2.05, 4.69) is 0 Å². The smallest absolute Gasteiger partial charge is 0.222 e. The summed E-state index contributed by atoms with van der Waals surface area (Å²) in [6, 6.07) is 4.07. The van der Waals surface area contributed by atoms with Gasteiger partial charge in [-0.05, 0) is 30.9 Å². The van der Waals surface area contributed by atoms with Crippen LogP contribution in [0.4, 0.5) is 8.78 Å². The Labute approximate surface area is 123 Å². The van der Waals surface area contributed by atoms with Crippen LogP contribution >= 0.6 is 12.4 Å². The van der Waals surface area contributed by atoms with E-state index in [1.54, 1.807) is 4.90 Å². The van der Waals surface area contributed by atoms with Crippen LogP contribution in [-0.4, -0.2) is 29.9 Å². The van der Waals surface area contributed by atoms with Crippen molar-refractivity contribution in [3.8, 4) is 0 Å². The minimum atomic E-state index is -0.870. The number of benzene rings is 1. The van der Waals surface area contributed by atoms with Gasteiger partial charge < -0.3 is 10.6 Å². The maximum atomic E-state index is 13.4. The first-order valence-electron chi connectivity index (χ1n) is 6.54. The van der Waals surface area contributed by atoms with Crippen molar-refractivity contribution in [3.05, 3.63) is 35.4 Å². The van der Waals surface area contributed by atoms with Gasteiger partial charge in [-0.2, -0.15) is 0 Å². The Hall–Kier alpha value is -1.20. The van der Waals surface area contributed by atoms with E-state index in [-0.39, 0.29) is 42.8 Å². The van der Waals surface area contributed by atoms with Crippen molar-refractivity contribution in [2.75, 3.05) is 13.1 Å². The molecule has 1 heterocycles. The Kier molecular flexibility index (Phi) is 6.36. The lowest BCUT2D eigenvalue weighted by atomic mass is 10.0. The van der Waals surface area contributed by atoms with Crippen LogP contribution in [0.2, 0.25) is 0 Å². The Morgan fingerprint density at radius 2 is 2.15 bits per heavy atom. The Bertz CT molecular complexity index is 470. The number of hydrogen-bond donors (Lipinski definition) is 1. The first-order chi connectivity index (χ1) is 9.08. The van der Waals surface area contributed by atoms with Gasteiger partial charge in [0.05, 0.1) is 0 Å². The maximum Gasteiger partial charge on any atom is 0.222 e. The molecule has 20 heavy (non-hydrogen) atoms. The zero-order valence-corrected chi connectivity index (χ0v) is 12.0. The molecule has 0 saturated carbocycles. The largest absolute Gasteiger partial charge is 0.341 e. The van der Waals surface area contributed by atoms with Crippen LogP contribution < -0.4 is 5.73 Å². The number of hydrogen-bond acceptors (Lipinski definition) is 2. The van der Waals surface area contributed by atoms with E-state index >= 15 is 0 Å². The summed E-state index contributed by atoms with van der Waals surface area (Å²) >= 11 is 0. The number of rotatable bonds is 3. The third-order valence-electron chi connectivity index (χ3n) is 3.45. The molecule has 6 heteroatoms. The summed E-state index contributed by atoms with van der Waals surface area (Å²) in [6.07, 6.45) is 2.24. The number of nitrogens with two attached hydrogens (primary N) is 1. The zero-order valence-electron chi connectivity index (χ0n) is 11.1. The van der Waals surface area contributed by atoms with E-state index in [9.17, 15) is 13.6 Å². The lowest BCUT2D eigenvalue weighted by Gasteiger charge is -2.30. The molecule has 1 aliphatic heterocycles. The molecule has 0 aromatic heterocycles. The van der Waals surface area contributed by atoms with Gasteiger partial charge in [0, 0.05) is 25.6 Å². The summed E-state index contributed by atoms with van der Waals surface area (Å²) in [5.74, 6) is -1.77. The van der Waals surface area contributed by atoms with E-state index in [0.717, 1.165) is 18.9 Å². The molecule has 0 spiro atoms. The highest BCUT2D eigenvalue weighted by Gasteiger charge is 2.21. The van der Waals surface area contributed by atoms with Gasteiger partial charge in [-0.1, -0.05) is 12.1 Å². The molecule has 1 amide bonds. The van der Waals surface area contributed by atoms with Crippen LogP contribution in [0.3, 0.4) is 0 Å². The van der Waals surface area contributed by atoms with Crippen molar-refractivity contribution in [1.82, 2.24) is 4.90 Å². The number of piperidine rings is 1. The normalized spacial score (nSPS) is 18.6. The third-order valence-corrected chi connectivity index (χ3v) is 3.45. The molecule has 112 valence electrons. The van der Waals surface area contributed by atoms with Crippen LogP contribution in [0.15, 0.2) is 18.2 Å². The molecular formula is C14H19ClF2N2O. The average molecular weight is 305 g/mol. The van der Waals surface area contributed by atoms with Gasteiger partial charge in [-0.15, -0.1) is 12.4 Å². The van der Waals surface area contributed by atoms with Crippen LogP contribution in [0.1, 0.15) is 24.8 Å². The quantitative estimate of drug-likeness (QED) is 0.931. The molecule has 1 aromatic carbocycles. The second-order valence-corrected chi connectivity index (χ2v) is 4.96. The number of nitrogens with zero attached hydrogens (tertiary/aromatic N) is 1. The summed E-state index contributed by atoms with van der Waals surface area (Å²) in [4.78, 5) is 13.7. The zero-order chi connectivity index (χ0) is 13.8. The number of carbonyl (C=O) groups excluding carboxylic acids is 1. The predicted molar refractivity (Wildman–Crippen MR) is 75.7 cm³/mol. The van der Waals surface area contributed by atoms with Crippen molar-refractivity contribution in [2.24, 2.45) is 5.73 Å². The molecule has 0 aliphatic carbocycles. The maximum absolute atomic E-state index is 13.4. The SMILES string of the molecule is Cl.NC1CCCN(C(=O)CCc2cccc(F)c2F)C1. The number of likely N-dealkylation sites (tertiary alicyclic amines) is 1. The summed E-state index contributed by atoms with van der Waals surface area (Å²) in [5, 5.41) is 0. The molecule has 3 nitrogen and oxygen atoms in total. The molecular weight excluding hydrogens is 286 g/mol. The second-order valence-electron chi connectivity index (χ2n) is 4.96. The van der Waals surface area contributed by atoms with Crippen molar-refractivity contribution < 1.29 is 13.6 Å². The third kappa shape index (κ3) is 4.15. The highest BCUT2D eigenvalue weighted by atomic mass is 35.5. The lowest BCUT2D eigenvalue weighted by Crippen LogP contribution is -2.45. The van der Waals surface area contributed by atoms with E-state index < -0.39 is 11.6 Å². The minimum Gasteiger partial charge on any atom is -0.341 e. The van der Waals surface area contributed by atoms with Crippen molar-refractivity contribution >= 4 is 18.3 Å². The average Bonchev–Trinajstić information content (AvgIpc) is 2.40. The molecule has 1 unspecified atom stereocenters. The van der Waals surface area contributed by atoms with E-state index in [1.165, 1.54) is 12.1 Å². The van der Waals surface area contributed by atoms with Crippen molar-refractivity contribution in [3.63, 3.8) is 0 Å². The van der Waals surface area contributed by atoms with Gasteiger partial charge in [-0.3, -0.25) is 4.79 Å². The summed E-state index contributed by atoms with van der Waals surface area (Å²) in [7, 11) is 0. The Balaban J connectivity index is 0.00000200. The van der Waals surface area contributed by atoms with Gasteiger partial charge in [-0.25, -0.2) is 8.78 Å². The molecule has 1 fully saturated rings. The van der Waals surface area contributed by atoms with Crippen LogP contribution in [0.5, 0.6) is 0 Å². The predicted octanol–water partition coefficient (Wildman–Crippen LogP) is 2.27. The summed E-state index contributed by atoms with van der Waals surface area (Å²) in [5.41, 5.74) is 6.06. The van der Waals surface area contributed by atoms with Gasteiger partial charge in [0.25, 0.3) is 0 Å². The highest BCUT2D eigenvalue weighted by molar-refractivity contribution is 5.85. The fourth-order valence-corrected chi connectivity index (χ4v) is 2.38.